The molecule has 0 spiro atoms. The first-order valence-corrected chi connectivity index (χ1v) is 5.75. The molecular weight excluding hydrogens is 222 g/mol. The van der Waals surface area contributed by atoms with E-state index in [0.29, 0.717) is 5.06 Å². The highest BCUT2D eigenvalue weighted by atomic mass is 16.7. The summed E-state index contributed by atoms with van der Waals surface area (Å²) in [6, 6.07) is 0. The molecule has 96 valence electrons. The molecule has 1 fully saturated rings. The van der Waals surface area contributed by atoms with Gasteiger partial charge in [0, 0.05) is 12.8 Å². The van der Waals surface area contributed by atoms with Gasteiger partial charge in [-0.15, -0.1) is 5.06 Å². The van der Waals surface area contributed by atoms with E-state index in [-0.39, 0.29) is 18.8 Å². The van der Waals surface area contributed by atoms with E-state index in [1.807, 2.05) is 20.8 Å². The van der Waals surface area contributed by atoms with Crippen LogP contribution in [0.2, 0.25) is 0 Å². The van der Waals surface area contributed by atoms with Crippen LogP contribution in [0.1, 0.15) is 40.5 Å². The summed E-state index contributed by atoms with van der Waals surface area (Å²) in [4.78, 5) is 39.1. The number of hydrogen-bond donors (Lipinski definition) is 0. The first-order chi connectivity index (χ1) is 7.84. The Morgan fingerprint density at radius 3 is 2.12 bits per heavy atom. The van der Waals surface area contributed by atoms with E-state index in [2.05, 4.69) is 0 Å². The quantitative estimate of drug-likeness (QED) is 0.551. The molecule has 1 heterocycles. The van der Waals surface area contributed by atoms with Crippen molar-refractivity contribution in [1.82, 2.24) is 5.06 Å². The van der Waals surface area contributed by atoms with Crippen LogP contribution in [-0.4, -0.2) is 22.8 Å². The molecule has 17 heavy (non-hydrogen) atoms. The molecule has 0 aromatic rings. The molecule has 0 radical (unpaired) electrons. The third-order valence-corrected chi connectivity index (χ3v) is 3.13. The molecule has 1 aliphatic rings. The number of nitrogens with zero attached hydrogens (tertiary/aromatic N) is 1. The minimum absolute atomic E-state index is 0.118. The Bertz CT molecular complexity index is 321. The topological polar surface area (TPSA) is 63.7 Å². The molecule has 1 rings (SSSR count). The molecule has 0 aromatic heterocycles. The van der Waals surface area contributed by atoms with Crippen LogP contribution in [0.15, 0.2) is 0 Å². The van der Waals surface area contributed by atoms with Gasteiger partial charge in [-0.25, -0.2) is 0 Å². The summed E-state index contributed by atoms with van der Waals surface area (Å²) in [6.07, 6.45) is 0.237. The van der Waals surface area contributed by atoms with Gasteiger partial charge in [-0.3, -0.25) is 14.4 Å². The van der Waals surface area contributed by atoms with Crippen molar-refractivity contribution in [3.63, 3.8) is 0 Å². The van der Waals surface area contributed by atoms with Crippen molar-refractivity contribution in [2.75, 3.05) is 0 Å². The van der Waals surface area contributed by atoms with Gasteiger partial charge >= 0.3 is 5.97 Å². The average Bonchev–Trinajstić information content (AvgIpc) is 2.58. The highest BCUT2D eigenvalue weighted by Gasteiger charge is 2.33. The standard InChI is InChI=1S/C12H18NO4/c1-7(2)8(3)9(4)12(16)17-13-10(14)5-6-11(13)15/h7,9H,5-6H2,1-4H3/q-1. The zero-order chi connectivity index (χ0) is 13.2. The number of hydrogen-bond acceptors (Lipinski definition) is 4. The van der Waals surface area contributed by atoms with Crippen LogP contribution in [0.4, 0.5) is 0 Å². The van der Waals surface area contributed by atoms with Crippen LogP contribution >= 0.6 is 0 Å². The number of carbonyl (C=O) groups excluding carboxylic acids is 3. The fourth-order valence-corrected chi connectivity index (χ4v) is 1.51. The minimum atomic E-state index is -0.556. The monoisotopic (exact) mass is 240 g/mol. The van der Waals surface area contributed by atoms with Gasteiger partial charge in [0.05, 0.1) is 0 Å². The highest BCUT2D eigenvalue weighted by molar-refractivity contribution is 6.01. The molecule has 1 atom stereocenters. The second-order valence-electron chi connectivity index (χ2n) is 4.61. The van der Waals surface area contributed by atoms with Crippen LogP contribution in [0.5, 0.6) is 0 Å². The maximum Gasteiger partial charge on any atom is 0.306 e. The van der Waals surface area contributed by atoms with Crippen LogP contribution < -0.4 is 0 Å². The van der Waals surface area contributed by atoms with Gasteiger partial charge in [0.15, 0.2) is 0 Å². The third-order valence-electron chi connectivity index (χ3n) is 3.13. The van der Waals surface area contributed by atoms with E-state index in [0.717, 1.165) is 5.92 Å². The SMILES string of the molecule is C[C-](C(C)C)C(C)C(=O)ON1C(=O)CCC1=O. The lowest BCUT2D eigenvalue weighted by atomic mass is 9.86. The molecule has 1 aliphatic heterocycles. The highest BCUT2D eigenvalue weighted by Crippen LogP contribution is 2.24. The summed E-state index contributed by atoms with van der Waals surface area (Å²) in [5, 5.41) is 0.590. The largest absolute Gasteiger partial charge is 0.333 e. The van der Waals surface area contributed by atoms with Crippen molar-refractivity contribution < 1.29 is 19.2 Å². The summed E-state index contributed by atoms with van der Waals surface area (Å²) >= 11 is 0. The van der Waals surface area contributed by atoms with Gasteiger partial charge in [-0.05, 0) is 0 Å². The van der Waals surface area contributed by atoms with Crippen molar-refractivity contribution in [2.45, 2.75) is 40.5 Å². The second kappa shape index (κ2) is 5.29. The predicted octanol–water partition coefficient (Wildman–Crippen LogP) is 1.48. The zero-order valence-electron chi connectivity index (χ0n) is 10.6. The fraction of sp³-hybridized carbons (Fsp3) is 0.667. The van der Waals surface area contributed by atoms with Gasteiger partial charge in [-0.1, -0.05) is 26.7 Å². The average molecular weight is 240 g/mol. The fourth-order valence-electron chi connectivity index (χ4n) is 1.51. The zero-order valence-corrected chi connectivity index (χ0v) is 10.6. The van der Waals surface area contributed by atoms with Gasteiger partial charge in [0.1, 0.15) is 0 Å². The Balaban J connectivity index is 2.60. The minimum Gasteiger partial charge on any atom is -0.333 e. The third kappa shape index (κ3) is 3.05. The summed E-state index contributed by atoms with van der Waals surface area (Å²) in [5.41, 5.74) is 0. The molecule has 5 nitrogen and oxygen atoms in total. The van der Waals surface area contributed by atoms with Crippen LogP contribution in [-0.2, 0) is 19.2 Å². The Morgan fingerprint density at radius 1 is 1.24 bits per heavy atom. The van der Waals surface area contributed by atoms with Crippen LogP contribution in [0.25, 0.3) is 0 Å². The Hall–Kier alpha value is -1.39. The lowest BCUT2D eigenvalue weighted by molar-refractivity contribution is -0.200. The van der Waals surface area contributed by atoms with Crippen molar-refractivity contribution in [2.24, 2.45) is 11.8 Å². The number of imide groups is 1. The van der Waals surface area contributed by atoms with Gasteiger partial charge in [-0.2, -0.15) is 12.8 Å². The molecule has 0 bridgehead atoms. The molecule has 1 unspecified atom stereocenters. The first-order valence-electron chi connectivity index (χ1n) is 5.75. The van der Waals surface area contributed by atoms with Gasteiger partial charge < -0.3 is 10.8 Å². The van der Waals surface area contributed by atoms with Crippen molar-refractivity contribution >= 4 is 17.8 Å². The van der Waals surface area contributed by atoms with Gasteiger partial charge in [0.25, 0.3) is 11.8 Å². The van der Waals surface area contributed by atoms with E-state index in [9.17, 15) is 14.4 Å². The smallest absolute Gasteiger partial charge is 0.306 e. The van der Waals surface area contributed by atoms with E-state index < -0.39 is 23.7 Å². The molecular formula is C12H18NO4-. The van der Waals surface area contributed by atoms with E-state index in [1.165, 1.54) is 0 Å². The second-order valence-corrected chi connectivity index (χ2v) is 4.61. The van der Waals surface area contributed by atoms with E-state index in [1.54, 1.807) is 6.92 Å². The van der Waals surface area contributed by atoms with E-state index in [4.69, 9.17) is 4.84 Å². The summed E-state index contributed by atoms with van der Waals surface area (Å²) in [7, 11) is 0. The number of carbonyl (C=O) groups is 3. The Labute approximate surface area is 101 Å². The molecule has 2 amide bonds. The predicted molar refractivity (Wildman–Crippen MR) is 60.1 cm³/mol. The molecule has 1 saturated heterocycles. The summed E-state index contributed by atoms with van der Waals surface area (Å²) < 4.78 is 0. The number of rotatable bonds is 4. The van der Waals surface area contributed by atoms with Crippen molar-refractivity contribution in [3.05, 3.63) is 5.92 Å². The Kier molecular flexibility index (Phi) is 4.26. The number of amides is 2. The Morgan fingerprint density at radius 2 is 1.71 bits per heavy atom. The van der Waals surface area contributed by atoms with Crippen LogP contribution in [0.3, 0.4) is 0 Å². The van der Waals surface area contributed by atoms with Crippen molar-refractivity contribution in [3.8, 4) is 0 Å². The van der Waals surface area contributed by atoms with E-state index >= 15 is 0 Å². The maximum atomic E-state index is 11.7. The molecule has 0 aliphatic carbocycles. The molecule has 0 aromatic carbocycles. The number of hydroxylamine groups is 2. The van der Waals surface area contributed by atoms with Crippen molar-refractivity contribution in [1.29, 1.82) is 0 Å². The summed E-state index contributed by atoms with van der Waals surface area (Å²) in [5.74, 6) is -0.650. The molecule has 5 heteroatoms. The summed E-state index contributed by atoms with van der Waals surface area (Å²) in [6.45, 7) is 7.53. The maximum absolute atomic E-state index is 11.7. The lowest BCUT2D eigenvalue weighted by Gasteiger charge is -2.35. The van der Waals surface area contributed by atoms with Crippen LogP contribution in [0, 0.1) is 17.8 Å². The first kappa shape index (κ1) is 13.7. The molecule has 0 saturated carbocycles. The van der Waals surface area contributed by atoms with Gasteiger partial charge in [0.2, 0.25) is 0 Å². The molecule has 0 N–H and O–H groups in total. The lowest BCUT2D eigenvalue weighted by Crippen LogP contribution is -2.35. The normalized spacial score (nSPS) is 18.1.